The highest BCUT2D eigenvalue weighted by Gasteiger charge is 2.25. The van der Waals surface area contributed by atoms with Crippen molar-refractivity contribution in [2.45, 2.75) is 32.9 Å². The lowest BCUT2D eigenvalue weighted by Gasteiger charge is -2.08. The van der Waals surface area contributed by atoms with Crippen LogP contribution in [0.15, 0.2) is 0 Å². The van der Waals surface area contributed by atoms with E-state index in [1.165, 1.54) is 0 Å². The van der Waals surface area contributed by atoms with Crippen LogP contribution < -0.4 is 15.4 Å². The largest absolute Gasteiger partial charge is 0.475 e. The molecule has 0 aliphatic carbocycles. The van der Waals surface area contributed by atoms with E-state index in [-0.39, 0.29) is 35.6 Å². The second kappa shape index (κ2) is 6.13. The summed E-state index contributed by atoms with van der Waals surface area (Å²) in [5, 5.41) is 9.66. The molecule has 110 valence electrons. The lowest BCUT2D eigenvalue weighted by Crippen LogP contribution is -2.34. The molecule has 0 atom stereocenters. The predicted molar refractivity (Wildman–Crippen MR) is 73.0 cm³/mol. The molecule has 8 heteroatoms. The number of fused-ring (bicyclic) bond motifs is 1. The molecule has 7 nitrogen and oxygen atoms in total. The van der Waals surface area contributed by atoms with Gasteiger partial charge >= 0.3 is 0 Å². The van der Waals surface area contributed by atoms with Gasteiger partial charge in [0.1, 0.15) is 11.6 Å². The number of nitrogens with one attached hydrogen (secondary N) is 2. The third-order valence-corrected chi connectivity index (χ3v) is 3.04. The van der Waals surface area contributed by atoms with Gasteiger partial charge in [-0.05, 0) is 13.8 Å². The van der Waals surface area contributed by atoms with Crippen LogP contribution in [0.1, 0.15) is 30.8 Å². The predicted octanol–water partition coefficient (Wildman–Crippen LogP) is 0.573. The number of nitrogens with zero attached hydrogens (tertiary/aromatic N) is 2. The van der Waals surface area contributed by atoms with E-state index in [0.717, 1.165) is 0 Å². The zero-order valence-corrected chi connectivity index (χ0v) is 12.2. The van der Waals surface area contributed by atoms with Crippen molar-refractivity contribution in [2.75, 3.05) is 13.2 Å². The molecule has 20 heavy (non-hydrogen) atoms. The summed E-state index contributed by atoms with van der Waals surface area (Å²) >= 11 is 6.03. The summed E-state index contributed by atoms with van der Waals surface area (Å²) in [6.07, 6.45) is 0.214. The van der Waals surface area contributed by atoms with Crippen LogP contribution in [0.3, 0.4) is 0 Å². The van der Waals surface area contributed by atoms with E-state index in [9.17, 15) is 9.59 Å². The van der Waals surface area contributed by atoms with Gasteiger partial charge in [-0.15, -0.1) is 0 Å². The summed E-state index contributed by atoms with van der Waals surface area (Å²) in [6.45, 7) is 5.08. The molecule has 1 aliphatic heterocycles. The van der Waals surface area contributed by atoms with E-state index in [4.69, 9.17) is 16.3 Å². The van der Waals surface area contributed by atoms with Gasteiger partial charge in [0.15, 0.2) is 5.69 Å². The van der Waals surface area contributed by atoms with E-state index in [1.807, 2.05) is 13.8 Å². The van der Waals surface area contributed by atoms with Crippen molar-refractivity contribution in [3.8, 4) is 5.88 Å². The molecule has 0 unspecified atom stereocenters. The van der Waals surface area contributed by atoms with Crippen molar-refractivity contribution in [2.24, 2.45) is 0 Å². The molecule has 0 fully saturated rings. The first-order valence-electron chi connectivity index (χ1n) is 6.45. The quantitative estimate of drug-likeness (QED) is 0.833. The Bertz CT molecular complexity index is 527. The van der Waals surface area contributed by atoms with Gasteiger partial charge in [-0.3, -0.25) is 9.59 Å². The molecule has 1 aromatic heterocycles. The zero-order valence-electron chi connectivity index (χ0n) is 11.4. The van der Waals surface area contributed by atoms with E-state index in [1.54, 1.807) is 4.68 Å². The Hall–Kier alpha value is -1.76. The van der Waals surface area contributed by atoms with E-state index < -0.39 is 5.91 Å². The number of halogens is 1. The third kappa shape index (κ3) is 3.22. The smallest absolute Gasteiger partial charge is 0.273 e. The molecule has 2 heterocycles. The number of carbonyl (C=O) groups excluding carboxylic acids is 2. The fourth-order valence-electron chi connectivity index (χ4n) is 1.86. The molecule has 1 aromatic rings. The molecule has 2 rings (SSSR count). The standard InChI is InChI=1S/C12H17ClN4O3/c1-7(2)15-8(18)3-4-14-11(19)10-9(13)12-17(16-10)5-6-20-12/h7H,3-6H2,1-2H3,(H,14,19)(H,15,18). The highest BCUT2D eigenvalue weighted by atomic mass is 35.5. The van der Waals surface area contributed by atoms with Crippen LogP contribution in [0.25, 0.3) is 0 Å². The van der Waals surface area contributed by atoms with Crippen molar-refractivity contribution >= 4 is 23.4 Å². The van der Waals surface area contributed by atoms with Gasteiger partial charge in [-0.1, -0.05) is 11.6 Å². The molecule has 0 saturated heterocycles. The van der Waals surface area contributed by atoms with Crippen molar-refractivity contribution in [3.63, 3.8) is 0 Å². The minimum Gasteiger partial charge on any atom is -0.475 e. The molecule has 0 saturated carbocycles. The van der Waals surface area contributed by atoms with Gasteiger partial charge < -0.3 is 15.4 Å². The second-order valence-corrected chi connectivity index (χ2v) is 5.15. The highest BCUT2D eigenvalue weighted by molar-refractivity contribution is 6.34. The molecular weight excluding hydrogens is 284 g/mol. The van der Waals surface area contributed by atoms with Crippen LogP contribution in [-0.4, -0.2) is 40.8 Å². The lowest BCUT2D eigenvalue weighted by molar-refractivity contribution is -0.121. The molecule has 2 N–H and O–H groups in total. The van der Waals surface area contributed by atoms with Gasteiger partial charge in [0.2, 0.25) is 11.8 Å². The summed E-state index contributed by atoms with van der Waals surface area (Å²) < 4.78 is 6.83. The highest BCUT2D eigenvalue weighted by Crippen LogP contribution is 2.30. The lowest BCUT2D eigenvalue weighted by atomic mass is 10.3. The Morgan fingerprint density at radius 1 is 1.50 bits per heavy atom. The zero-order chi connectivity index (χ0) is 14.7. The minimum absolute atomic E-state index is 0.0842. The maximum atomic E-state index is 11.9. The number of amides is 2. The number of rotatable bonds is 5. The summed E-state index contributed by atoms with van der Waals surface area (Å²) in [6, 6.07) is 0.0842. The van der Waals surface area contributed by atoms with Crippen LogP contribution in [0.4, 0.5) is 0 Å². The van der Waals surface area contributed by atoms with Crippen LogP contribution in [0.5, 0.6) is 5.88 Å². The number of carbonyl (C=O) groups is 2. The van der Waals surface area contributed by atoms with Gasteiger partial charge in [0.25, 0.3) is 5.91 Å². The van der Waals surface area contributed by atoms with Crippen LogP contribution in [0.2, 0.25) is 5.02 Å². The summed E-state index contributed by atoms with van der Waals surface area (Å²) in [4.78, 5) is 23.3. The van der Waals surface area contributed by atoms with E-state index >= 15 is 0 Å². The van der Waals surface area contributed by atoms with E-state index in [2.05, 4.69) is 15.7 Å². The SMILES string of the molecule is CC(C)NC(=O)CCNC(=O)c1nn2c(c1Cl)OCC2. The molecule has 0 aromatic carbocycles. The molecule has 0 spiro atoms. The monoisotopic (exact) mass is 300 g/mol. The van der Waals surface area contributed by atoms with Gasteiger partial charge in [0, 0.05) is 19.0 Å². The third-order valence-electron chi connectivity index (χ3n) is 2.70. The maximum Gasteiger partial charge on any atom is 0.273 e. The van der Waals surface area contributed by atoms with Gasteiger partial charge in [-0.25, -0.2) is 4.68 Å². The average Bonchev–Trinajstić information content (AvgIpc) is 2.91. The first-order valence-corrected chi connectivity index (χ1v) is 6.83. The molecule has 0 bridgehead atoms. The number of aromatic nitrogens is 2. The number of hydrogen-bond acceptors (Lipinski definition) is 4. The molecule has 0 radical (unpaired) electrons. The Labute approximate surface area is 121 Å². The summed E-state index contributed by atoms with van der Waals surface area (Å²) in [5.41, 5.74) is 0.130. The van der Waals surface area contributed by atoms with Gasteiger partial charge in [-0.2, -0.15) is 5.10 Å². The molecule has 1 aliphatic rings. The van der Waals surface area contributed by atoms with Crippen LogP contribution in [-0.2, 0) is 11.3 Å². The molecule has 2 amide bonds. The number of ether oxygens (including phenoxy) is 1. The van der Waals surface area contributed by atoms with Gasteiger partial charge in [0.05, 0.1) is 6.54 Å². The first kappa shape index (κ1) is 14.6. The van der Waals surface area contributed by atoms with Crippen molar-refractivity contribution in [1.29, 1.82) is 0 Å². The van der Waals surface area contributed by atoms with Crippen LogP contribution >= 0.6 is 11.6 Å². The van der Waals surface area contributed by atoms with E-state index in [0.29, 0.717) is 19.0 Å². The average molecular weight is 301 g/mol. The normalized spacial score (nSPS) is 13.0. The Morgan fingerprint density at radius 2 is 2.25 bits per heavy atom. The molecular formula is C12H17ClN4O3. The summed E-state index contributed by atoms with van der Waals surface area (Å²) in [5.74, 6) is -0.0886. The Balaban J connectivity index is 1.85. The Morgan fingerprint density at radius 3 is 2.90 bits per heavy atom. The maximum absolute atomic E-state index is 11.9. The van der Waals surface area contributed by atoms with Crippen molar-refractivity contribution < 1.29 is 14.3 Å². The fourth-order valence-corrected chi connectivity index (χ4v) is 2.13. The van der Waals surface area contributed by atoms with Crippen LogP contribution in [0, 0.1) is 0 Å². The Kier molecular flexibility index (Phi) is 4.49. The minimum atomic E-state index is -0.405. The topological polar surface area (TPSA) is 85.3 Å². The van der Waals surface area contributed by atoms with Crippen molar-refractivity contribution in [3.05, 3.63) is 10.7 Å². The number of hydrogen-bond donors (Lipinski definition) is 2. The second-order valence-electron chi connectivity index (χ2n) is 4.77. The summed E-state index contributed by atoms with van der Waals surface area (Å²) in [7, 11) is 0. The fraction of sp³-hybridized carbons (Fsp3) is 0.583. The van der Waals surface area contributed by atoms with Crippen molar-refractivity contribution in [1.82, 2.24) is 20.4 Å². The first-order chi connectivity index (χ1) is 9.49.